The fraction of sp³-hybridized carbons (Fsp3) is 0.455. The summed E-state index contributed by atoms with van der Waals surface area (Å²) in [5.74, 6) is -1.93. The summed E-state index contributed by atoms with van der Waals surface area (Å²) in [6.45, 7) is 8.38. The van der Waals surface area contributed by atoms with Crippen LogP contribution in [-0.4, -0.2) is 83.5 Å². The van der Waals surface area contributed by atoms with Gasteiger partial charge in [-0.2, -0.15) is 0 Å². The summed E-state index contributed by atoms with van der Waals surface area (Å²) in [6, 6.07) is 15.1. The predicted octanol–water partition coefficient (Wildman–Crippen LogP) is 4.00. The number of ether oxygens (including phenoxy) is 3. The Balaban J connectivity index is 1.31. The number of quaternary nitrogens is 1. The van der Waals surface area contributed by atoms with Crippen molar-refractivity contribution in [1.29, 1.82) is 0 Å². The lowest BCUT2D eigenvalue weighted by Crippen LogP contribution is -2.74. The largest absolute Gasteiger partial charge is 0.632 e. The minimum atomic E-state index is -1.78. The zero-order chi connectivity index (χ0) is 31.7. The molecule has 44 heavy (non-hydrogen) atoms. The van der Waals surface area contributed by atoms with Gasteiger partial charge in [-0.05, 0) is 43.0 Å². The molecule has 0 saturated carbocycles. The first-order chi connectivity index (χ1) is 20.9. The molecule has 0 radical (unpaired) electrons. The third kappa shape index (κ3) is 5.99. The van der Waals surface area contributed by atoms with Gasteiger partial charge in [0.1, 0.15) is 31.3 Å². The summed E-state index contributed by atoms with van der Waals surface area (Å²) < 4.78 is 15.2. The standard InChI is InChI=1S/C33H39N3O8/c1-5-16-42-29(38)18-22-17-28(37)33(19-30(39)44-32(2,3)4)21-35(14-15-36(22,33)41)34-31(40)43-20-27-25-12-8-6-10-23(25)24-11-7-9-13-26(24)27/h5-13,22,27H,1,14-21H2,2-4H3,(H,34,40)/t22-,33+,36?/m0/s1. The van der Waals surface area contributed by atoms with Gasteiger partial charge in [0.2, 0.25) is 5.78 Å². The SMILES string of the molecule is C=CCOC(=O)C[C@@H]1CC(=O)[C@@]2(CC(=O)OC(C)(C)C)CN(NC(=O)OCC3c4ccccc4-c4ccccc43)CC[N+]12[O-]. The van der Waals surface area contributed by atoms with Crippen molar-refractivity contribution in [3.63, 3.8) is 0 Å². The number of fused-ring (bicyclic) bond motifs is 4. The molecule has 2 aromatic rings. The molecule has 2 heterocycles. The maximum Gasteiger partial charge on any atom is 0.421 e. The number of carbonyl (C=O) groups excluding carboxylic acids is 4. The maximum atomic E-state index is 14.5. The van der Waals surface area contributed by atoms with Gasteiger partial charge < -0.3 is 24.1 Å². The van der Waals surface area contributed by atoms with Gasteiger partial charge in [-0.3, -0.25) is 19.8 Å². The average Bonchev–Trinajstić information content (AvgIpc) is 3.38. The Morgan fingerprint density at radius 2 is 1.70 bits per heavy atom. The molecule has 1 N–H and O–H groups in total. The van der Waals surface area contributed by atoms with Crippen LogP contribution < -0.4 is 5.43 Å². The molecule has 3 atom stereocenters. The number of hydrogen-bond donors (Lipinski definition) is 1. The number of rotatable bonds is 9. The van der Waals surface area contributed by atoms with Crippen LogP contribution in [-0.2, 0) is 28.6 Å². The molecule has 2 saturated heterocycles. The van der Waals surface area contributed by atoms with Crippen LogP contribution in [0.25, 0.3) is 11.1 Å². The first kappa shape index (κ1) is 31.4. The van der Waals surface area contributed by atoms with Gasteiger partial charge in [-0.25, -0.2) is 9.80 Å². The van der Waals surface area contributed by atoms with Crippen molar-refractivity contribution >= 4 is 23.8 Å². The number of nitrogens with one attached hydrogen (secondary N) is 1. The Kier molecular flexibility index (Phi) is 8.66. The van der Waals surface area contributed by atoms with Gasteiger partial charge in [0, 0.05) is 5.92 Å². The summed E-state index contributed by atoms with van der Waals surface area (Å²) in [7, 11) is 0. The van der Waals surface area contributed by atoms with Crippen LogP contribution in [0.4, 0.5) is 4.79 Å². The number of ketones is 1. The van der Waals surface area contributed by atoms with E-state index in [9.17, 15) is 24.4 Å². The Hall–Kier alpha value is -4.06. The lowest BCUT2D eigenvalue weighted by Gasteiger charge is -2.58. The zero-order valence-electron chi connectivity index (χ0n) is 25.4. The van der Waals surface area contributed by atoms with E-state index < -0.39 is 52.1 Å². The molecule has 0 spiro atoms. The molecule has 1 unspecified atom stereocenters. The molecule has 2 fully saturated rings. The highest BCUT2D eigenvalue weighted by atomic mass is 16.6. The van der Waals surface area contributed by atoms with E-state index in [-0.39, 0.29) is 51.6 Å². The molecule has 11 nitrogen and oxygen atoms in total. The summed E-state index contributed by atoms with van der Waals surface area (Å²) in [6.07, 6.45) is -0.291. The van der Waals surface area contributed by atoms with Crippen LogP contribution in [0.15, 0.2) is 61.2 Å². The summed E-state index contributed by atoms with van der Waals surface area (Å²) >= 11 is 0. The van der Waals surface area contributed by atoms with Crippen molar-refractivity contribution in [3.05, 3.63) is 77.5 Å². The molecule has 234 valence electrons. The Morgan fingerprint density at radius 3 is 2.32 bits per heavy atom. The zero-order valence-corrected chi connectivity index (χ0v) is 25.4. The summed E-state index contributed by atoms with van der Waals surface area (Å²) in [5, 5.41) is 16.0. The van der Waals surface area contributed by atoms with Crippen LogP contribution in [0.1, 0.15) is 57.1 Å². The van der Waals surface area contributed by atoms with Gasteiger partial charge in [0.15, 0.2) is 5.54 Å². The summed E-state index contributed by atoms with van der Waals surface area (Å²) in [5.41, 5.74) is 4.41. The monoisotopic (exact) mass is 605 g/mol. The highest BCUT2D eigenvalue weighted by Gasteiger charge is 2.65. The van der Waals surface area contributed by atoms with Gasteiger partial charge in [0.25, 0.3) is 0 Å². The molecule has 1 aliphatic carbocycles. The van der Waals surface area contributed by atoms with Crippen LogP contribution in [0.3, 0.4) is 0 Å². The number of Topliss-reactive ketones (excluding diaryl/α,β-unsaturated/α-hetero) is 1. The Morgan fingerprint density at radius 1 is 1.07 bits per heavy atom. The van der Waals surface area contributed by atoms with Crippen molar-refractivity contribution in [2.45, 2.75) is 63.1 Å². The van der Waals surface area contributed by atoms with Crippen molar-refractivity contribution in [1.82, 2.24) is 10.4 Å². The van der Waals surface area contributed by atoms with Crippen LogP contribution in [0.2, 0.25) is 0 Å². The number of piperazine rings is 1. The number of carbonyl (C=O) groups is 4. The third-order valence-electron chi connectivity index (χ3n) is 8.62. The molecule has 11 heteroatoms. The fourth-order valence-electron chi connectivity index (χ4n) is 6.76. The number of benzene rings is 2. The van der Waals surface area contributed by atoms with Crippen LogP contribution >= 0.6 is 0 Å². The molecule has 2 aromatic carbocycles. The molecular weight excluding hydrogens is 566 g/mol. The lowest BCUT2D eigenvalue weighted by atomic mass is 9.88. The van der Waals surface area contributed by atoms with E-state index in [1.807, 2.05) is 48.5 Å². The van der Waals surface area contributed by atoms with Crippen molar-refractivity contribution in [3.8, 4) is 11.1 Å². The van der Waals surface area contributed by atoms with Crippen LogP contribution in [0.5, 0.6) is 0 Å². The van der Waals surface area contributed by atoms with Gasteiger partial charge >= 0.3 is 18.0 Å². The second-order valence-corrected chi connectivity index (χ2v) is 12.6. The fourth-order valence-corrected chi connectivity index (χ4v) is 6.76. The quantitative estimate of drug-likeness (QED) is 0.148. The van der Waals surface area contributed by atoms with Crippen molar-refractivity contribution in [2.75, 3.05) is 32.8 Å². The molecule has 0 aromatic heterocycles. The predicted molar refractivity (Wildman–Crippen MR) is 161 cm³/mol. The second-order valence-electron chi connectivity index (χ2n) is 12.6. The number of hydroxylamine groups is 3. The lowest BCUT2D eigenvalue weighted by molar-refractivity contribution is -0.939. The molecular formula is C33H39N3O8. The highest BCUT2D eigenvalue weighted by Crippen LogP contribution is 2.46. The summed E-state index contributed by atoms with van der Waals surface area (Å²) in [4.78, 5) is 52.2. The van der Waals surface area contributed by atoms with Gasteiger partial charge in [0.05, 0.1) is 32.5 Å². The normalized spacial score (nSPS) is 24.5. The van der Waals surface area contributed by atoms with E-state index in [2.05, 4.69) is 12.0 Å². The topological polar surface area (TPSA) is 134 Å². The van der Waals surface area contributed by atoms with Crippen molar-refractivity contribution < 1.29 is 38.0 Å². The average molecular weight is 606 g/mol. The van der Waals surface area contributed by atoms with Crippen molar-refractivity contribution in [2.24, 2.45) is 0 Å². The van der Waals surface area contributed by atoms with E-state index in [0.717, 1.165) is 22.3 Å². The second kappa shape index (κ2) is 12.1. The molecule has 5 rings (SSSR count). The molecule has 3 aliphatic rings. The maximum absolute atomic E-state index is 14.5. The minimum Gasteiger partial charge on any atom is -0.632 e. The number of nitrogens with zero attached hydrogens (tertiary/aromatic N) is 2. The number of esters is 2. The number of hydrazine groups is 1. The van der Waals surface area contributed by atoms with Crippen LogP contribution in [0, 0.1) is 5.21 Å². The van der Waals surface area contributed by atoms with E-state index in [1.165, 1.54) is 11.1 Å². The smallest absolute Gasteiger partial charge is 0.421 e. The van der Waals surface area contributed by atoms with E-state index in [0.29, 0.717) is 0 Å². The number of hydrogen-bond acceptors (Lipinski definition) is 9. The first-order valence-electron chi connectivity index (χ1n) is 14.8. The van der Waals surface area contributed by atoms with Gasteiger partial charge in [-0.15, -0.1) is 0 Å². The Labute approximate surface area is 256 Å². The van der Waals surface area contributed by atoms with E-state index in [1.54, 1.807) is 20.8 Å². The molecule has 0 bridgehead atoms. The first-order valence-corrected chi connectivity index (χ1v) is 14.8. The van der Waals surface area contributed by atoms with E-state index in [4.69, 9.17) is 14.2 Å². The Bertz CT molecular complexity index is 1420. The van der Waals surface area contributed by atoms with E-state index >= 15 is 0 Å². The minimum absolute atomic E-state index is 0.0146. The highest BCUT2D eigenvalue weighted by molar-refractivity contribution is 5.94. The van der Waals surface area contributed by atoms with Gasteiger partial charge in [-0.1, -0.05) is 61.2 Å². The number of amides is 1. The molecule has 2 aliphatic heterocycles. The molecule has 1 amide bonds. The third-order valence-corrected chi connectivity index (χ3v) is 8.62.